The number of carbonyl (C=O) groups excluding carboxylic acids is 1. The highest BCUT2D eigenvalue weighted by Crippen LogP contribution is 2.26. The summed E-state index contributed by atoms with van der Waals surface area (Å²) in [5.74, 6) is -0.140. The molecule has 0 aliphatic carbocycles. The van der Waals surface area contributed by atoms with Gasteiger partial charge in [-0.1, -0.05) is 24.3 Å². The lowest BCUT2D eigenvalue weighted by Crippen LogP contribution is -2.28. The van der Waals surface area contributed by atoms with Gasteiger partial charge in [-0.2, -0.15) is 0 Å². The monoisotopic (exact) mass is 499 g/mol. The van der Waals surface area contributed by atoms with Crippen LogP contribution in [0.5, 0.6) is 5.75 Å². The number of hydrogen-bond donors (Lipinski definition) is 3. The molecule has 11 nitrogen and oxygen atoms in total. The Hall–Kier alpha value is -3.58. The van der Waals surface area contributed by atoms with Crippen molar-refractivity contribution in [3.05, 3.63) is 60.4 Å². The average molecular weight is 500 g/mol. The maximum Gasteiger partial charge on any atom is 0.278 e. The fourth-order valence-electron chi connectivity index (χ4n) is 3.25. The number of sulfonamides is 1. The van der Waals surface area contributed by atoms with Crippen molar-refractivity contribution in [1.82, 2.24) is 14.7 Å². The van der Waals surface area contributed by atoms with E-state index in [0.717, 1.165) is 0 Å². The molecule has 4 N–H and O–H groups in total. The molecule has 0 saturated heterocycles. The van der Waals surface area contributed by atoms with E-state index in [2.05, 4.69) is 20.0 Å². The first-order valence-corrected chi connectivity index (χ1v) is 12.3. The fourth-order valence-corrected chi connectivity index (χ4v) is 4.26. The van der Waals surface area contributed by atoms with Gasteiger partial charge in [0.05, 0.1) is 48.9 Å². The van der Waals surface area contributed by atoms with Crippen LogP contribution in [0.15, 0.2) is 59.6 Å². The molecule has 0 saturated carbocycles. The molecule has 0 radical (unpaired) electrons. The minimum Gasteiger partial charge on any atom is -0.489 e. The summed E-state index contributed by atoms with van der Waals surface area (Å²) in [7, 11) is -3.71. The maximum absolute atomic E-state index is 13.0. The smallest absolute Gasteiger partial charge is 0.278 e. The summed E-state index contributed by atoms with van der Waals surface area (Å²) < 4.78 is 44.2. The Morgan fingerprint density at radius 2 is 1.63 bits per heavy atom. The second-order valence-electron chi connectivity index (χ2n) is 7.43. The molecule has 4 bridgehead atoms. The summed E-state index contributed by atoms with van der Waals surface area (Å²) in [6.07, 6.45) is 1.42. The van der Waals surface area contributed by atoms with E-state index in [0.29, 0.717) is 42.5 Å². The van der Waals surface area contributed by atoms with Gasteiger partial charge in [-0.25, -0.2) is 23.1 Å². The summed E-state index contributed by atoms with van der Waals surface area (Å²) in [6, 6.07) is 13.0. The zero-order valence-corrected chi connectivity index (χ0v) is 19.6. The molecule has 1 amide bonds. The topological polar surface area (TPSA) is 155 Å². The van der Waals surface area contributed by atoms with E-state index < -0.39 is 15.9 Å². The molecule has 1 aromatic heterocycles. The van der Waals surface area contributed by atoms with Crippen LogP contribution >= 0.6 is 0 Å². The molecule has 2 aliphatic rings. The first kappa shape index (κ1) is 24.5. The van der Waals surface area contributed by atoms with Crippen molar-refractivity contribution in [2.45, 2.75) is 4.90 Å². The number of anilines is 2. The van der Waals surface area contributed by atoms with Crippen LogP contribution in [-0.4, -0.2) is 63.9 Å². The highest BCUT2D eigenvalue weighted by molar-refractivity contribution is 7.89. The molecule has 5 rings (SSSR count). The number of benzene rings is 2. The van der Waals surface area contributed by atoms with Crippen molar-refractivity contribution >= 4 is 27.4 Å². The number of nitrogens with one attached hydrogen (secondary N) is 2. The molecule has 35 heavy (non-hydrogen) atoms. The van der Waals surface area contributed by atoms with Crippen molar-refractivity contribution in [3.63, 3.8) is 0 Å². The van der Waals surface area contributed by atoms with Gasteiger partial charge in [-0.05, 0) is 24.3 Å². The quantitative estimate of drug-likeness (QED) is 0.392. The molecule has 184 valence electrons. The summed E-state index contributed by atoms with van der Waals surface area (Å²) in [6.45, 7) is 1.50. The van der Waals surface area contributed by atoms with E-state index in [9.17, 15) is 13.2 Å². The van der Waals surface area contributed by atoms with Crippen molar-refractivity contribution in [1.29, 1.82) is 0 Å². The highest BCUT2D eigenvalue weighted by Gasteiger charge is 2.18. The van der Waals surface area contributed by atoms with Crippen LogP contribution in [-0.2, 0) is 19.5 Å². The number of ether oxygens (including phenoxy) is 3. The van der Waals surface area contributed by atoms with Crippen LogP contribution in [0.3, 0.4) is 0 Å². The lowest BCUT2D eigenvalue weighted by molar-refractivity contribution is 0.0382. The largest absolute Gasteiger partial charge is 0.489 e. The van der Waals surface area contributed by atoms with E-state index >= 15 is 0 Å². The summed E-state index contributed by atoms with van der Waals surface area (Å²) in [5, 5.41) is 2.76. The van der Waals surface area contributed by atoms with Crippen LogP contribution in [0.4, 0.5) is 11.5 Å². The Morgan fingerprint density at radius 1 is 0.914 bits per heavy atom. The predicted octanol–water partition coefficient (Wildman–Crippen LogP) is 1.68. The van der Waals surface area contributed by atoms with Gasteiger partial charge in [-0.3, -0.25) is 4.79 Å². The normalized spacial score (nSPS) is 17.2. The first-order chi connectivity index (χ1) is 16.9. The molecular weight excluding hydrogens is 474 g/mol. The molecule has 0 fully saturated rings. The average Bonchev–Trinajstić information content (AvgIpc) is 2.86. The van der Waals surface area contributed by atoms with Gasteiger partial charge >= 0.3 is 0 Å². The number of aromatic nitrogens is 2. The molecule has 12 heteroatoms. The van der Waals surface area contributed by atoms with E-state index in [4.69, 9.17) is 19.9 Å². The van der Waals surface area contributed by atoms with Crippen molar-refractivity contribution in [2.24, 2.45) is 0 Å². The Balaban J connectivity index is 1.63. The molecule has 3 aromatic rings. The summed E-state index contributed by atoms with van der Waals surface area (Å²) in [5.41, 5.74) is 7.23. The standard InChI is InChI=1S/C23H25N5O6S/c24-22-21-23(29)28-18-3-1-2-4-20(18)34-14-13-33-12-11-32-10-9-26-35(30,31)17-7-5-16(6-8-17)19(27-21)15-25-22/h1-8,15,26H,9-14H2,(H2,24,25)(H,28,29). The number of para-hydroxylation sites is 2. The minimum atomic E-state index is -3.71. The van der Waals surface area contributed by atoms with E-state index in [1.54, 1.807) is 36.4 Å². The minimum absolute atomic E-state index is 0.0434. The molecule has 0 atom stereocenters. The first-order valence-electron chi connectivity index (χ1n) is 10.9. The third-order valence-corrected chi connectivity index (χ3v) is 6.48. The number of hydrogen-bond acceptors (Lipinski definition) is 9. The van der Waals surface area contributed by atoms with Crippen molar-refractivity contribution < 1.29 is 27.4 Å². The van der Waals surface area contributed by atoms with E-state index in [-0.39, 0.29) is 36.2 Å². The Kier molecular flexibility index (Phi) is 7.87. The van der Waals surface area contributed by atoms with Crippen LogP contribution in [0, 0.1) is 0 Å². The Morgan fingerprint density at radius 3 is 2.43 bits per heavy atom. The second kappa shape index (κ2) is 11.2. The number of carbonyl (C=O) groups is 1. The number of fused-ring (bicyclic) bond motifs is 13. The van der Waals surface area contributed by atoms with Crippen molar-refractivity contribution in [2.75, 3.05) is 50.6 Å². The zero-order chi connectivity index (χ0) is 24.7. The Bertz CT molecular complexity index is 1280. The van der Waals surface area contributed by atoms with Gasteiger partial charge in [-0.15, -0.1) is 0 Å². The van der Waals surface area contributed by atoms with E-state index in [1.165, 1.54) is 18.3 Å². The summed E-state index contributed by atoms with van der Waals surface area (Å²) >= 11 is 0. The van der Waals surface area contributed by atoms with Crippen molar-refractivity contribution in [3.8, 4) is 17.0 Å². The fraction of sp³-hybridized carbons (Fsp3) is 0.261. The molecule has 2 aromatic carbocycles. The van der Waals surface area contributed by atoms with Gasteiger partial charge in [0.1, 0.15) is 12.4 Å². The van der Waals surface area contributed by atoms with E-state index in [1.807, 2.05) is 0 Å². The molecule has 3 heterocycles. The third kappa shape index (κ3) is 6.31. The van der Waals surface area contributed by atoms with Gasteiger partial charge < -0.3 is 25.3 Å². The number of rotatable bonds is 0. The lowest BCUT2D eigenvalue weighted by Gasteiger charge is -2.14. The molecular formula is C23H25N5O6S. The number of nitrogens with zero attached hydrogens (tertiary/aromatic N) is 2. The lowest BCUT2D eigenvalue weighted by atomic mass is 10.1. The van der Waals surface area contributed by atoms with Crippen LogP contribution < -0.4 is 20.5 Å². The summed E-state index contributed by atoms with van der Waals surface area (Å²) in [4.78, 5) is 21.5. The van der Waals surface area contributed by atoms with Crippen LogP contribution in [0.2, 0.25) is 0 Å². The molecule has 2 aliphatic heterocycles. The number of nitrogens with two attached hydrogens (primary N) is 1. The number of amides is 1. The SMILES string of the molecule is Nc1ncc2nc1C(=O)Nc1ccccc1OCCOCCOCCNS(=O)(=O)c1ccc-2cc1. The van der Waals surface area contributed by atoms with Gasteiger partial charge in [0.2, 0.25) is 10.0 Å². The maximum atomic E-state index is 13.0. The van der Waals surface area contributed by atoms with Crippen LogP contribution in [0.25, 0.3) is 11.3 Å². The van der Waals surface area contributed by atoms with Crippen LogP contribution in [0.1, 0.15) is 10.5 Å². The molecule has 0 unspecified atom stereocenters. The third-order valence-electron chi connectivity index (χ3n) is 5.01. The Labute approximate surface area is 202 Å². The van der Waals surface area contributed by atoms with Gasteiger partial charge in [0.15, 0.2) is 11.5 Å². The second-order valence-corrected chi connectivity index (χ2v) is 9.20. The predicted molar refractivity (Wildman–Crippen MR) is 129 cm³/mol. The highest BCUT2D eigenvalue weighted by atomic mass is 32.2. The number of nitrogen functional groups attached to an aromatic ring is 1. The molecule has 0 spiro atoms. The zero-order valence-electron chi connectivity index (χ0n) is 18.8. The van der Waals surface area contributed by atoms with Gasteiger partial charge in [0.25, 0.3) is 5.91 Å². The van der Waals surface area contributed by atoms with Gasteiger partial charge in [0, 0.05) is 12.1 Å².